The van der Waals surface area contributed by atoms with Crippen molar-refractivity contribution in [2.45, 2.75) is 18.0 Å². The molecule has 2 aromatic carbocycles. The topological polar surface area (TPSA) is 29.5 Å². The Hall–Kier alpha value is -1.94. The average Bonchev–Trinajstić information content (AvgIpc) is 2.76. The highest BCUT2D eigenvalue weighted by molar-refractivity contribution is 7.80. The molecule has 0 saturated carbocycles. The Bertz CT molecular complexity index is 655. The molecule has 1 amide bonds. The van der Waals surface area contributed by atoms with Crippen LogP contribution in [0.2, 0.25) is 0 Å². The highest BCUT2D eigenvalue weighted by Crippen LogP contribution is 2.32. The zero-order chi connectivity index (χ0) is 14.1. The number of nitrogens with zero attached hydrogens (tertiary/aromatic N) is 1. The predicted octanol–water partition coefficient (Wildman–Crippen LogP) is 3.14. The van der Waals surface area contributed by atoms with E-state index in [1.54, 1.807) is 13.2 Å². The van der Waals surface area contributed by atoms with Crippen LogP contribution in [0, 0.1) is 0 Å². The zero-order valence-corrected chi connectivity index (χ0v) is 12.1. The van der Waals surface area contributed by atoms with Gasteiger partial charge in [0.1, 0.15) is 5.75 Å². The lowest BCUT2D eigenvalue weighted by Crippen LogP contribution is -2.23. The van der Waals surface area contributed by atoms with Gasteiger partial charge in [-0.2, -0.15) is 0 Å². The minimum absolute atomic E-state index is 0.0572. The summed E-state index contributed by atoms with van der Waals surface area (Å²) in [5.74, 6) is 0.767. The van der Waals surface area contributed by atoms with Crippen molar-refractivity contribution < 1.29 is 9.53 Å². The van der Waals surface area contributed by atoms with Crippen LogP contribution in [0.4, 0.5) is 0 Å². The fourth-order valence-electron chi connectivity index (χ4n) is 2.48. The highest BCUT2D eigenvalue weighted by atomic mass is 32.1. The fraction of sp³-hybridized carbons (Fsp3) is 0.188. The maximum Gasteiger partial charge on any atom is 0.254 e. The Labute approximate surface area is 123 Å². The van der Waals surface area contributed by atoms with Gasteiger partial charge in [0, 0.05) is 23.5 Å². The second kappa shape index (κ2) is 5.21. The summed E-state index contributed by atoms with van der Waals surface area (Å²) < 4.78 is 5.25. The molecule has 20 heavy (non-hydrogen) atoms. The summed E-state index contributed by atoms with van der Waals surface area (Å²) in [6, 6.07) is 13.7. The second-order valence-electron chi connectivity index (χ2n) is 4.83. The van der Waals surface area contributed by atoms with E-state index in [0.717, 1.165) is 16.7 Å². The van der Waals surface area contributed by atoms with Crippen molar-refractivity contribution in [2.75, 3.05) is 7.11 Å². The fourth-order valence-corrected chi connectivity index (χ4v) is 2.77. The van der Waals surface area contributed by atoms with E-state index in [4.69, 9.17) is 4.74 Å². The van der Waals surface area contributed by atoms with Crippen molar-refractivity contribution in [3.8, 4) is 5.75 Å². The first kappa shape index (κ1) is 13.1. The molecule has 0 aromatic heterocycles. The summed E-state index contributed by atoms with van der Waals surface area (Å²) in [6.45, 7) is 1.24. The number of ether oxygens (including phenoxy) is 1. The molecule has 0 bridgehead atoms. The maximum atomic E-state index is 12.4. The van der Waals surface area contributed by atoms with Gasteiger partial charge < -0.3 is 9.64 Å². The van der Waals surface area contributed by atoms with Crippen LogP contribution in [0.1, 0.15) is 21.5 Å². The first-order valence-electron chi connectivity index (χ1n) is 6.42. The van der Waals surface area contributed by atoms with Gasteiger partial charge in [0.05, 0.1) is 7.11 Å². The third-order valence-electron chi connectivity index (χ3n) is 3.50. The summed E-state index contributed by atoms with van der Waals surface area (Å²) in [5, 5.41) is 0. The van der Waals surface area contributed by atoms with E-state index < -0.39 is 0 Å². The van der Waals surface area contributed by atoms with Gasteiger partial charge in [0.15, 0.2) is 0 Å². The first-order chi connectivity index (χ1) is 9.69. The van der Waals surface area contributed by atoms with Crippen LogP contribution < -0.4 is 4.74 Å². The zero-order valence-electron chi connectivity index (χ0n) is 11.2. The monoisotopic (exact) mass is 285 g/mol. The Morgan fingerprint density at radius 3 is 2.70 bits per heavy atom. The molecule has 0 radical (unpaired) electrons. The number of rotatable bonds is 3. The van der Waals surface area contributed by atoms with E-state index in [2.05, 4.69) is 12.6 Å². The molecule has 1 heterocycles. The van der Waals surface area contributed by atoms with Crippen LogP contribution in [0.3, 0.4) is 0 Å². The SMILES string of the molecule is COc1cc2c(cc1S)C(=O)N(Cc1ccccc1)C2. The molecular weight excluding hydrogens is 270 g/mol. The minimum Gasteiger partial charge on any atom is -0.496 e. The summed E-state index contributed by atoms with van der Waals surface area (Å²) in [7, 11) is 1.61. The number of carbonyl (C=O) groups is 1. The van der Waals surface area contributed by atoms with Gasteiger partial charge in [-0.05, 0) is 23.3 Å². The van der Waals surface area contributed by atoms with Crippen LogP contribution in [0.25, 0.3) is 0 Å². The Morgan fingerprint density at radius 1 is 1.25 bits per heavy atom. The van der Waals surface area contributed by atoms with Crippen molar-refractivity contribution in [2.24, 2.45) is 0 Å². The lowest BCUT2D eigenvalue weighted by atomic mass is 10.1. The first-order valence-corrected chi connectivity index (χ1v) is 6.87. The van der Waals surface area contributed by atoms with E-state index >= 15 is 0 Å². The van der Waals surface area contributed by atoms with Crippen molar-refractivity contribution in [3.63, 3.8) is 0 Å². The van der Waals surface area contributed by atoms with Crippen LogP contribution in [-0.2, 0) is 13.1 Å². The summed E-state index contributed by atoms with van der Waals surface area (Å²) in [6.07, 6.45) is 0. The maximum absolute atomic E-state index is 12.4. The quantitative estimate of drug-likeness (QED) is 0.878. The summed E-state index contributed by atoms with van der Waals surface area (Å²) >= 11 is 4.35. The molecule has 0 spiro atoms. The molecule has 0 unspecified atom stereocenters. The number of hydrogen-bond donors (Lipinski definition) is 1. The van der Waals surface area contributed by atoms with Crippen molar-refractivity contribution in [1.29, 1.82) is 0 Å². The number of benzene rings is 2. The van der Waals surface area contributed by atoms with Gasteiger partial charge in [-0.25, -0.2) is 0 Å². The number of hydrogen-bond acceptors (Lipinski definition) is 3. The van der Waals surface area contributed by atoms with Gasteiger partial charge >= 0.3 is 0 Å². The van der Waals surface area contributed by atoms with Crippen molar-refractivity contribution >= 4 is 18.5 Å². The highest BCUT2D eigenvalue weighted by Gasteiger charge is 2.28. The molecule has 3 nitrogen and oxygen atoms in total. The van der Waals surface area contributed by atoms with E-state index in [1.165, 1.54) is 0 Å². The van der Waals surface area contributed by atoms with Crippen molar-refractivity contribution in [1.82, 2.24) is 4.90 Å². The van der Waals surface area contributed by atoms with Gasteiger partial charge in [-0.1, -0.05) is 30.3 Å². The van der Waals surface area contributed by atoms with Crippen LogP contribution in [0.15, 0.2) is 47.4 Å². The summed E-state index contributed by atoms with van der Waals surface area (Å²) in [5.41, 5.74) is 2.86. The number of carbonyl (C=O) groups excluding carboxylic acids is 1. The Balaban J connectivity index is 1.87. The normalized spacial score (nSPS) is 13.5. The van der Waals surface area contributed by atoms with Gasteiger partial charge in [-0.15, -0.1) is 12.6 Å². The van der Waals surface area contributed by atoms with Crippen LogP contribution >= 0.6 is 12.6 Å². The number of amides is 1. The van der Waals surface area contributed by atoms with Crippen molar-refractivity contribution in [3.05, 3.63) is 59.2 Å². The molecule has 1 aliphatic heterocycles. The molecule has 0 aliphatic carbocycles. The predicted molar refractivity (Wildman–Crippen MR) is 80.3 cm³/mol. The molecular formula is C16H15NO2S. The number of thiol groups is 1. The number of methoxy groups -OCH3 is 1. The van der Waals surface area contributed by atoms with Crippen LogP contribution in [0.5, 0.6) is 5.75 Å². The molecule has 0 N–H and O–H groups in total. The lowest BCUT2D eigenvalue weighted by molar-refractivity contribution is 0.0766. The summed E-state index contributed by atoms with van der Waals surface area (Å²) in [4.78, 5) is 14.9. The van der Waals surface area contributed by atoms with E-state index in [-0.39, 0.29) is 5.91 Å². The smallest absolute Gasteiger partial charge is 0.254 e. The third-order valence-corrected chi connectivity index (χ3v) is 3.85. The van der Waals surface area contributed by atoms with E-state index in [9.17, 15) is 4.79 Å². The van der Waals surface area contributed by atoms with E-state index in [1.807, 2.05) is 41.3 Å². The third kappa shape index (κ3) is 2.27. The second-order valence-corrected chi connectivity index (χ2v) is 5.31. The van der Waals surface area contributed by atoms with Gasteiger partial charge in [-0.3, -0.25) is 4.79 Å². The average molecular weight is 285 g/mol. The molecule has 3 rings (SSSR count). The van der Waals surface area contributed by atoms with Gasteiger partial charge in [0.2, 0.25) is 0 Å². The number of fused-ring (bicyclic) bond motifs is 1. The Morgan fingerprint density at radius 2 is 2.00 bits per heavy atom. The molecule has 0 fully saturated rings. The standard InChI is InChI=1S/C16H15NO2S/c1-19-14-7-12-10-17(9-11-5-3-2-4-6-11)16(18)13(12)8-15(14)20/h2-8,20H,9-10H2,1H3. The largest absolute Gasteiger partial charge is 0.496 e. The van der Waals surface area contributed by atoms with E-state index in [0.29, 0.717) is 23.7 Å². The molecule has 4 heteroatoms. The molecule has 102 valence electrons. The van der Waals surface area contributed by atoms with Crippen LogP contribution in [-0.4, -0.2) is 17.9 Å². The molecule has 1 aliphatic rings. The van der Waals surface area contributed by atoms with Gasteiger partial charge in [0.25, 0.3) is 5.91 Å². The Kier molecular flexibility index (Phi) is 3.40. The molecule has 2 aromatic rings. The molecule has 0 saturated heterocycles. The molecule has 0 atom stereocenters. The minimum atomic E-state index is 0.0572. The lowest BCUT2D eigenvalue weighted by Gasteiger charge is -2.15.